The molecule has 49 heavy (non-hydrogen) atoms. The number of benzene rings is 2. The first-order valence-corrected chi connectivity index (χ1v) is 17.3. The molecule has 1 saturated carbocycles. The van der Waals surface area contributed by atoms with Gasteiger partial charge in [0.05, 0.1) is 11.9 Å². The third-order valence-electron chi connectivity index (χ3n) is 9.32. The minimum absolute atomic E-state index is 0.00195. The Morgan fingerprint density at radius 2 is 1.61 bits per heavy atom. The van der Waals surface area contributed by atoms with Gasteiger partial charge in [-0.3, -0.25) is 14.7 Å². The van der Waals surface area contributed by atoms with E-state index in [0.29, 0.717) is 49.2 Å². The van der Waals surface area contributed by atoms with Crippen LogP contribution in [-0.4, -0.2) is 75.7 Å². The van der Waals surface area contributed by atoms with E-state index in [2.05, 4.69) is 74.1 Å². The average molecular weight is 668 g/mol. The van der Waals surface area contributed by atoms with Crippen LogP contribution in [0, 0.1) is 12.7 Å². The summed E-state index contributed by atoms with van der Waals surface area (Å²) in [6, 6.07) is 20.0. The smallest absolute Gasteiger partial charge is 0.269 e. The molecule has 2 amide bonds. The molecule has 0 radical (unpaired) electrons. The first-order chi connectivity index (χ1) is 23.7. The average Bonchev–Trinajstić information content (AvgIpc) is 3.53. The van der Waals surface area contributed by atoms with Crippen LogP contribution < -0.4 is 20.7 Å². The zero-order valence-corrected chi connectivity index (χ0v) is 28.5. The Kier molecular flexibility index (Phi) is 11.0. The lowest BCUT2D eigenvalue weighted by Crippen LogP contribution is -2.54. The second-order valence-electron chi connectivity index (χ2n) is 13.6. The van der Waals surface area contributed by atoms with Crippen LogP contribution in [-0.2, 0) is 6.42 Å². The van der Waals surface area contributed by atoms with Gasteiger partial charge < -0.3 is 25.6 Å². The highest BCUT2D eigenvalue weighted by Gasteiger charge is 2.26. The Balaban J connectivity index is 1.03. The van der Waals surface area contributed by atoms with Crippen LogP contribution in [0.15, 0.2) is 66.9 Å². The van der Waals surface area contributed by atoms with E-state index in [1.54, 1.807) is 12.1 Å². The number of piperazine rings is 1. The van der Waals surface area contributed by atoms with Crippen molar-refractivity contribution in [2.24, 2.45) is 0 Å². The molecule has 258 valence electrons. The van der Waals surface area contributed by atoms with E-state index in [0.717, 1.165) is 61.6 Å². The molecule has 2 aliphatic rings. The van der Waals surface area contributed by atoms with Crippen LogP contribution in [0.4, 0.5) is 4.39 Å². The zero-order chi connectivity index (χ0) is 34.3. The summed E-state index contributed by atoms with van der Waals surface area (Å²) < 4.78 is 20.4. The summed E-state index contributed by atoms with van der Waals surface area (Å²) in [7, 11) is 0. The minimum atomic E-state index is -0.621. The molecule has 1 aliphatic carbocycles. The molecule has 4 aromatic rings. The summed E-state index contributed by atoms with van der Waals surface area (Å²) in [5.41, 5.74) is 4.54. The Morgan fingerprint density at radius 1 is 0.918 bits per heavy atom. The number of carbonyl (C=O) groups is 2. The largest absolute Gasteiger partial charge is 0.438 e. The molecule has 0 bridgehead atoms. The number of pyridine rings is 1. The van der Waals surface area contributed by atoms with E-state index >= 15 is 0 Å². The lowest BCUT2D eigenvalue weighted by atomic mass is 9.91. The molecule has 0 unspecified atom stereocenters. The van der Waals surface area contributed by atoms with Gasteiger partial charge in [0, 0.05) is 37.3 Å². The maximum absolute atomic E-state index is 14.3. The summed E-state index contributed by atoms with van der Waals surface area (Å²) in [4.78, 5) is 32.5. The Bertz CT molecular complexity index is 1730. The maximum atomic E-state index is 14.3. The number of aryl methyl sites for hydroxylation is 2. The quantitative estimate of drug-likeness (QED) is 0.160. The number of aromatic nitrogens is 3. The van der Waals surface area contributed by atoms with E-state index in [9.17, 15) is 14.0 Å². The van der Waals surface area contributed by atoms with Gasteiger partial charge in [0.2, 0.25) is 5.88 Å². The molecule has 1 aliphatic heterocycles. The predicted octanol–water partition coefficient (Wildman–Crippen LogP) is 5.80. The topological polar surface area (TPSA) is 124 Å². The molecule has 1 saturated heterocycles. The SMILES string of the molecule is Cc1cc(C(=O)NC2CCC(NC(=O)c3cc(F)cnc3Oc3cccc(-c4ccc(CCCN5C[C@@H](C)N[C@@H](C)C5)cc4)c3)CC2)[nH]n1. The second-order valence-corrected chi connectivity index (χ2v) is 13.6. The number of rotatable bonds is 11. The monoisotopic (exact) mass is 667 g/mol. The van der Waals surface area contributed by atoms with Crippen LogP contribution in [0.1, 0.15) is 78.1 Å². The Hall–Kier alpha value is -4.61. The molecular weight excluding hydrogens is 621 g/mol. The molecule has 0 spiro atoms. The van der Waals surface area contributed by atoms with Crippen LogP contribution in [0.5, 0.6) is 11.6 Å². The number of nitrogens with zero attached hydrogens (tertiary/aromatic N) is 3. The van der Waals surface area contributed by atoms with Crippen molar-refractivity contribution >= 4 is 11.8 Å². The molecule has 2 aromatic carbocycles. The number of H-pyrrole nitrogens is 1. The fraction of sp³-hybridized carbons (Fsp3) is 0.421. The normalized spacial score (nSPS) is 21.2. The van der Waals surface area contributed by atoms with E-state index in [1.165, 1.54) is 5.56 Å². The number of hydrogen-bond acceptors (Lipinski definition) is 7. The van der Waals surface area contributed by atoms with Crippen molar-refractivity contribution in [2.75, 3.05) is 19.6 Å². The van der Waals surface area contributed by atoms with Crippen molar-refractivity contribution in [3.63, 3.8) is 0 Å². The third kappa shape index (κ3) is 9.30. The van der Waals surface area contributed by atoms with Crippen molar-refractivity contribution in [3.8, 4) is 22.8 Å². The molecule has 2 aromatic heterocycles. The van der Waals surface area contributed by atoms with E-state index < -0.39 is 11.7 Å². The lowest BCUT2D eigenvalue weighted by Gasteiger charge is -2.36. The van der Waals surface area contributed by atoms with Crippen LogP contribution >= 0.6 is 0 Å². The Morgan fingerprint density at radius 3 is 2.29 bits per heavy atom. The molecule has 4 N–H and O–H groups in total. The third-order valence-corrected chi connectivity index (χ3v) is 9.32. The van der Waals surface area contributed by atoms with Crippen molar-refractivity contribution in [2.45, 2.75) is 83.5 Å². The number of ether oxygens (including phenoxy) is 1. The van der Waals surface area contributed by atoms with E-state index in [1.807, 2.05) is 25.1 Å². The summed E-state index contributed by atoms with van der Waals surface area (Å²) in [6.07, 6.45) is 5.96. The van der Waals surface area contributed by atoms with Crippen LogP contribution in [0.2, 0.25) is 0 Å². The standard InChI is InChI=1S/C38H46FN7O3/c1-24-18-35(45-44-24)37(48)43-32-15-13-31(14-16-32)42-36(47)34-20-30(39)21-40-38(34)49-33-8-4-7-29(19-33)28-11-9-27(10-12-28)6-5-17-46-22-25(2)41-26(3)23-46/h4,7-12,18-21,25-26,31-32,41H,5-6,13-17,22-23H2,1-3H3,(H,42,47)(H,43,48)(H,44,45)/t25-,26+,31?,32?. The van der Waals surface area contributed by atoms with Crippen LogP contribution in [0.25, 0.3) is 11.1 Å². The number of carbonyl (C=O) groups excluding carboxylic acids is 2. The predicted molar refractivity (Wildman–Crippen MR) is 187 cm³/mol. The second kappa shape index (κ2) is 15.7. The Labute approximate surface area is 287 Å². The molecular formula is C38H46FN7O3. The van der Waals surface area contributed by atoms with Gasteiger partial charge in [0.25, 0.3) is 11.8 Å². The molecule has 2 atom stereocenters. The van der Waals surface area contributed by atoms with E-state index in [-0.39, 0.29) is 29.4 Å². The van der Waals surface area contributed by atoms with Gasteiger partial charge in [-0.1, -0.05) is 36.4 Å². The number of nitrogens with one attached hydrogen (secondary N) is 4. The maximum Gasteiger partial charge on any atom is 0.269 e. The van der Waals surface area contributed by atoms with Gasteiger partial charge in [-0.15, -0.1) is 0 Å². The molecule has 6 rings (SSSR count). The van der Waals surface area contributed by atoms with Crippen molar-refractivity contribution < 1.29 is 18.7 Å². The number of hydrogen-bond donors (Lipinski definition) is 4. The summed E-state index contributed by atoms with van der Waals surface area (Å²) in [6.45, 7) is 9.60. The van der Waals surface area contributed by atoms with Gasteiger partial charge in [-0.05, 0) is 107 Å². The lowest BCUT2D eigenvalue weighted by molar-refractivity contribution is 0.0887. The summed E-state index contributed by atoms with van der Waals surface area (Å²) in [5, 5.41) is 16.4. The highest BCUT2D eigenvalue weighted by Crippen LogP contribution is 2.29. The van der Waals surface area contributed by atoms with Gasteiger partial charge in [0.1, 0.15) is 22.8 Å². The van der Waals surface area contributed by atoms with Gasteiger partial charge in [-0.2, -0.15) is 5.10 Å². The number of halogens is 1. The molecule has 2 fully saturated rings. The summed E-state index contributed by atoms with van der Waals surface area (Å²) >= 11 is 0. The number of amides is 2. The van der Waals surface area contributed by atoms with Crippen molar-refractivity contribution in [3.05, 3.63) is 95.2 Å². The molecule has 3 heterocycles. The van der Waals surface area contributed by atoms with Crippen LogP contribution in [0.3, 0.4) is 0 Å². The number of aromatic amines is 1. The van der Waals surface area contributed by atoms with Gasteiger partial charge >= 0.3 is 0 Å². The fourth-order valence-corrected chi connectivity index (χ4v) is 6.96. The highest BCUT2D eigenvalue weighted by molar-refractivity contribution is 5.96. The van der Waals surface area contributed by atoms with Gasteiger partial charge in [0.15, 0.2) is 0 Å². The first-order valence-electron chi connectivity index (χ1n) is 17.3. The van der Waals surface area contributed by atoms with E-state index in [4.69, 9.17) is 4.74 Å². The fourth-order valence-electron chi connectivity index (χ4n) is 6.96. The van der Waals surface area contributed by atoms with Gasteiger partial charge in [-0.25, -0.2) is 9.37 Å². The molecule has 10 nitrogen and oxygen atoms in total. The highest BCUT2D eigenvalue weighted by atomic mass is 19.1. The van der Waals surface area contributed by atoms with Crippen molar-refractivity contribution in [1.29, 1.82) is 0 Å². The molecule has 11 heteroatoms. The minimum Gasteiger partial charge on any atom is -0.438 e. The van der Waals surface area contributed by atoms with Crippen molar-refractivity contribution in [1.82, 2.24) is 36.0 Å². The first kappa shape index (κ1) is 34.3. The summed E-state index contributed by atoms with van der Waals surface area (Å²) in [5.74, 6) is -0.726. The zero-order valence-electron chi connectivity index (χ0n) is 28.5.